The Balaban J connectivity index is 1.45. The summed E-state index contributed by atoms with van der Waals surface area (Å²) in [6, 6.07) is 15.9. The van der Waals surface area contributed by atoms with E-state index in [4.69, 9.17) is 0 Å². The lowest BCUT2D eigenvalue weighted by Crippen LogP contribution is -2.20. The molecule has 0 radical (unpaired) electrons. The van der Waals surface area contributed by atoms with Crippen molar-refractivity contribution in [1.29, 1.82) is 0 Å². The lowest BCUT2D eigenvalue weighted by atomic mass is 9.96. The second kappa shape index (κ2) is 8.61. The fourth-order valence-corrected chi connectivity index (χ4v) is 4.23. The van der Waals surface area contributed by atoms with Crippen LogP contribution in [0.25, 0.3) is 11.1 Å². The molecule has 0 N–H and O–H groups in total. The van der Waals surface area contributed by atoms with Crippen molar-refractivity contribution in [3.63, 3.8) is 0 Å². The standard InChI is InChI=1S/C27H19F4N3O/c1-16-11-19(7-9-32-16)26-22-12-17(5-6-20(22)14-33-26)18-8-10-34(24(35)13-18)15-21-3-2-4-23(25(21)28)27(29,30)31/h2-13H,14-15H2,1H3. The number of aromatic nitrogens is 2. The van der Waals surface area contributed by atoms with E-state index in [1.807, 2.05) is 37.3 Å². The maximum absolute atomic E-state index is 14.4. The van der Waals surface area contributed by atoms with Gasteiger partial charge in [0, 0.05) is 40.8 Å². The monoisotopic (exact) mass is 477 g/mol. The number of benzene rings is 2. The molecule has 1 aliphatic rings. The molecule has 5 rings (SSSR count). The van der Waals surface area contributed by atoms with Gasteiger partial charge in [0.2, 0.25) is 0 Å². The highest BCUT2D eigenvalue weighted by molar-refractivity contribution is 6.15. The summed E-state index contributed by atoms with van der Waals surface area (Å²) in [5, 5.41) is 0. The Hall–Kier alpha value is -4.07. The van der Waals surface area contributed by atoms with Gasteiger partial charge in [-0.15, -0.1) is 0 Å². The summed E-state index contributed by atoms with van der Waals surface area (Å²) in [5.74, 6) is -1.37. The Bertz CT molecular complexity index is 1540. The van der Waals surface area contributed by atoms with Crippen LogP contribution in [0.2, 0.25) is 0 Å². The molecular formula is C27H19F4N3O. The van der Waals surface area contributed by atoms with Crippen molar-refractivity contribution in [3.8, 4) is 11.1 Å². The molecule has 2 aromatic carbocycles. The summed E-state index contributed by atoms with van der Waals surface area (Å²) in [6.45, 7) is 2.17. The molecule has 4 aromatic rings. The average molecular weight is 477 g/mol. The number of aliphatic imine (C=N–C) groups is 1. The molecule has 0 saturated carbocycles. The van der Waals surface area contributed by atoms with Gasteiger partial charge in [0.1, 0.15) is 5.82 Å². The fraction of sp³-hybridized carbons (Fsp3) is 0.148. The molecule has 0 bridgehead atoms. The van der Waals surface area contributed by atoms with E-state index in [1.165, 1.54) is 22.9 Å². The predicted octanol–water partition coefficient (Wildman–Crippen LogP) is 5.78. The van der Waals surface area contributed by atoms with E-state index in [0.29, 0.717) is 18.2 Å². The smallest absolute Gasteiger partial charge is 0.311 e. The minimum absolute atomic E-state index is 0.208. The largest absolute Gasteiger partial charge is 0.419 e. The molecule has 3 heterocycles. The Morgan fingerprint density at radius 1 is 0.971 bits per heavy atom. The first kappa shape index (κ1) is 22.7. The molecule has 0 spiro atoms. The number of pyridine rings is 2. The molecule has 0 atom stereocenters. The molecule has 0 saturated heterocycles. The summed E-state index contributed by atoms with van der Waals surface area (Å²) in [4.78, 5) is 21.7. The molecule has 35 heavy (non-hydrogen) atoms. The van der Waals surface area contributed by atoms with Crippen LogP contribution in [0.15, 0.2) is 82.8 Å². The lowest BCUT2D eigenvalue weighted by molar-refractivity contribution is -0.140. The molecule has 0 fully saturated rings. The number of nitrogens with zero attached hydrogens (tertiary/aromatic N) is 3. The molecule has 0 amide bonds. The predicted molar refractivity (Wildman–Crippen MR) is 125 cm³/mol. The number of halogens is 4. The number of hydrogen-bond acceptors (Lipinski definition) is 3. The summed E-state index contributed by atoms with van der Waals surface area (Å²) >= 11 is 0. The zero-order valence-electron chi connectivity index (χ0n) is 18.6. The van der Waals surface area contributed by atoms with Crippen LogP contribution in [0, 0.1) is 12.7 Å². The van der Waals surface area contributed by atoms with Gasteiger partial charge in [-0.05, 0) is 53.9 Å². The summed E-state index contributed by atoms with van der Waals surface area (Å²) < 4.78 is 54.6. The first-order valence-corrected chi connectivity index (χ1v) is 10.9. The third-order valence-electron chi connectivity index (χ3n) is 6.00. The highest BCUT2D eigenvalue weighted by Crippen LogP contribution is 2.33. The number of hydrogen-bond donors (Lipinski definition) is 0. The van der Waals surface area contributed by atoms with Gasteiger partial charge < -0.3 is 4.57 Å². The van der Waals surface area contributed by atoms with E-state index in [0.717, 1.165) is 39.7 Å². The van der Waals surface area contributed by atoms with Gasteiger partial charge >= 0.3 is 6.18 Å². The lowest BCUT2D eigenvalue weighted by Gasteiger charge is -2.13. The number of fused-ring (bicyclic) bond motifs is 1. The second-order valence-electron chi connectivity index (χ2n) is 8.38. The molecule has 2 aromatic heterocycles. The van der Waals surface area contributed by atoms with E-state index in [2.05, 4.69) is 9.98 Å². The van der Waals surface area contributed by atoms with Crippen LogP contribution in [-0.2, 0) is 19.3 Å². The zero-order chi connectivity index (χ0) is 24.7. The van der Waals surface area contributed by atoms with Gasteiger partial charge in [-0.2, -0.15) is 13.2 Å². The van der Waals surface area contributed by atoms with Crippen molar-refractivity contribution in [2.45, 2.75) is 26.2 Å². The maximum Gasteiger partial charge on any atom is 0.419 e. The third-order valence-corrected chi connectivity index (χ3v) is 6.00. The van der Waals surface area contributed by atoms with Gasteiger partial charge in [0.25, 0.3) is 5.56 Å². The summed E-state index contributed by atoms with van der Waals surface area (Å²) in [5.41, 5.74) is 4.21. The maximum atomic E-state index is 14.4. The van der Waals surface area contributed by atoms with Crippen LogP contribution in [0.5, 0.6) is 0 Å². The van der Waals surface area contributed by atoms with Gasteiger partial charge in [0.15, 0.2) is 0 Å². The fourth-order valence-electron chi connectivity index (χ4n) is 4.23. The van der Waals surface area contributed by atoms with Crippen molar-refractivity contribution < 1.29 is 17.6 Å². The zero-order valence-corrected chi connectivity index (χ0v) is 18.6. The molecular weight excluding hydrogens is 458 g/mol. The molecule has 0 aliphatic carbocycles. The van der Waals surface area contributed by atoms with Gasteiger partial charge in [0.05, 0.1) is 24.4 Å². The van der Waals surface area contributed by atoms with E-state index in [-0.39, 0.29) is 12.1 Å². The molecule has 176 valence electrons. The first-order chi connectivity index (χ1) is 16.7. The van der Waals surface area contributed by atoms with E-state index >= 15 is 0 Å². The van der Waals surface area contributed by atoms with Crippen LogP contribution in [0.3, 0.4) is 0 Å². The van der Waals surface area contributed by atoms with E-state index in [9.17, 15) is 22.4 Å². The number of aryl methyl sites for hydroxylation is 1. The average Bonchev–Trinajstić information content (AvgIpc) is 3.24. The SMILES string of the molecule is Cc1cc(C2=NCc3ccc(-c4ccn(Cc5cccc(C(F)(F)F)c5F)c(=O)c4)cc32)ccn1. The second-order valence-corrected chi connectivity index (χ2v) is 8.38. The van der Waals surface area contributed by atoms with E-state index < -0.39 is 23.1 Å². The number of alkyl halides is 3. The van der Waals surface area contributed by atoms with Gasteiger partial charge in [-0.25, -0.2) is 4.39 Å². The van der Waals surface area contributed by atoms with Crippen molar-refractivity contribution in [2.75, 3.05) is 0 Å². The number of rotatable bonds is 4. The van der Waals surface area contributed by atoms with Crippen LogP contribution < -0.4 is 5.56 Å². The Morgan fingerprint density at radius 2 is 1.77 bits per heavy atom. The highest BCUT2D eigenvalue weighted by Gasteiger charge is 2.34. The van der Waals surface area contributed by atoms with Crippen LogP contribution in [-0.4, -0.2) is 15.3 Å². The third kappa shape index (κ3) is 4.39. The van der Waals surface area contributed by atoms with Crippen molar-refractivity contribution in [3.05, 3.63) is 123 Å². The molecule has 4 nitrogen and oxygen atoms in total. The van der Waals surface area contributed by atoms with Crippen LogP contribution in [0.1, 0.15) is 33.5 Å². The first-order valence-electron chi connectivity index (χ1n) is 10.9. The highest BCUT2D eigenvalue weighted by atomic mass is 19.4. The normalized spacial score (nSPS) is 13.0. The minimum Gasteiger partial charge on any atom is -0.311 e. The van der Waals surface area contributed by atoms with Gasteiger partial charge in [-0.3, -0.25) is 14.8 Å². The molecule has 0 unspecified atom stereocenters. The summed E-state index contributed by atoms with van der Waals surface area (Å²) in [6.07, 6.45) is -1.60. The quantitative estimate of drug-likeness (QED) is 0.350. The topological polar surface area (TPSA) is 47.2 Å². The molecule has 1 aliphatic heterocycles. The van der Waals surface area contributed by atoms with Crippen molar-refractivity contribution >= 4 is 5.71 Å². The summed E-state index contributed by atoms with van der Waals surface area (Å²) in [7, 11) is 0. The molecule has 8 heteroatoms. The van der Waals surface area contributed by atoms with Crippen molar-refractivity contribution in [1.82, 2.24) is 9.55 Å². The minimum atomic E-state index is -4.81. The Morgan fingerprint density at radius 3 is 2.51 bits per heavy atom. The van der Waals surface area contributed by atoms with Crippen LogP contribution in [0.4, 0.5) is 17.6 Å². The Labute approximate surface area is 198 Å². The van der Waals surface area contributed by atoms with Gasteiger partial charge in [-0.1, -0.05) is 24.3 Å². The van der Waals surface area contributed by atoms with Crippen molar-refractivity contribution in [2.24, 2.45) is 4.99 Å². The van der Waals surface area contributed by atoms with Crippen LogP contribution >= 0.6 is 0 Å². The van der Waals surface area contributed by atoms with E-state index in [1.54, 1.807) is 12.3 Å². The Kier molecular flexibility index (Phi) is 5.59.